The third kappa shape index (κ3) is 5.98. The van der Waals surface area contributed by atoms with Gasteiger partial charge < -0.3 is 19.7 Å². The van der Waals surface area contributed by atoms with Gasteiger partial charge >= 0.3 is 0 Å². The maximum Gasteiger partial charge on any atom is 0.242 e. The number of fused-ring (bicyclic) bond motifs is 1. The van der Waals surface area contributed by atoms with E-state index in [0.717, 1.165) is 21.7 Å². The van der Waals surface area contributed by atoms with Crippen molar-refractivity contribution in [3.63, 3.8) is 0 Å². The number of benzene rings is 2. The maximum absolute atomic E-state index is 13.0. The lowest BCUT2D eigenvalue weighted by Gasteiger charge is -2.30. The van der Waals surface area contributed by atoms with Crippen molar-refractivity contribution in [1.82, 2.24) is 14.5 Å². The molecule has 0 aliphatic carbocycles. The van der Waals surface area contributed by atoms with Crippen molar-refractivity contribution in [2.75, 3.05) is 26.6 Å². The van der Waals surface area contributed by atoms with Crippen LogP contribution in [0.4, 0.5) is 0 Å². The Morgan fingerprint density at radius 3 is 2.44 bits per heavy atom. The van der Waals surface area contributed by atoms with Crippen LogP contribution < -0.4 is 14.8 Å². The summed E-state index contributed by atoms with van der Waals surface area (Å²) in [6.07, 6.45) is 1.03. The first-order valence-corrected chi connectivity index (χ1v) is 11.9. The smallest absolute Gasteiger partial charge is 0.242 e. The van der Waals surface area contributed by atoms with Gasteiger partial charge in [-0.2, -0.15) is 4.31 Å². The summed E-state index contributed by atoms with van der Waals surface area (Å²) in [5.41, 5.74) is 1.66. The predicted molar refractivity (Wildman–Crippen MR) is 118 cm³/mol. The summed E-state index contributed by atoms with van der Waals surface area (Å²) in [5, 5.41) is 2.83. The summed E-state index contributed by atoms with van der Waals surface area (Å²) < 4.78 is 35.1. The molecule has 172 valence electrons. The van der Waals surface area contributed by atoms with Gasteiger partial charge in [-0.15, -0.1) is 0 Å². The van der Waals surface area contributed by atoms with Gasteiger partial charge in [0.1, 0.15) is 6.04 Å². The Morgan fingerprint density at radius 1 is 1.06 bits per heavy atom. The maximum atomic E-state index is 13.0. The molecule has 0 radical (unpaired) electrons. The van der Waals surface area contributed by atoms with Crippen LogP contribution in [0.5, 0.6) is 11.5 Å². The third-order valence-corrected chi connectivity index (χ3v) is 6.45. The van der Waals surface area contributed by atoms with Crippen molar-refractivity contribution in [1.29, 1.82) is 0 Å². The molecule has 0 saturated carbocycles. The van der Waals surface area contributed by atoms with Crippen molar-refractivity contribution in [2.24, 2.45) is 0 Å². The minimum absolute atomic E-state index is 0.167. The number of nitrogens with zero attached hydrogens (tertiary/aromatic N) is 2. The number of hydrogen-bond acceptors (Lipinski definition) is 6. The van der Waals surface area contributed by atoms with Crippen LogP contribution in [0.25, 0.3) is 0 Å². The van der Waals surface area contributed by atoms with Crippen LogP contribution in [-0.4, -0.2) is 62.1 Å². The minimum Gasteiger partial charge on any atom is -0.454 e. The number of hydrogen-bond donors (Lipinski definition) is 1. The summed E-state index contributed by atoms with van der Waals surface area (Å²) in [5.74, 6) is 0.457. The van der Waals surface area contributed by atoms with E-state index in [0.29, 0.717) is 11.5 Å². The van der Waals surface area contributed by atoms with Gasteiger partial charge in [-0.1, -0.05) is 36.4 Å². The zero-order valence-corrected chi connectivity index (χ0v) is 19.1. The Labute approximate surface area is 188 Å². The lowest BCUT2D eigenvalue weighted by molar-refractivity contribution is -0.140. The van der Waals surface area contributed by atoms with Crippen molar-refractivity contribution in [3.05, 3.63) is 59.7 Å². The van der Waals surface area contributed by atoms with Crippen LogP contribution in [0.1, 0.15) is 18.1 Å². The zero-order chi connectivity index (χ0) is 23.3. The summed E-state index contributed by atoms with van der Waals surface area (Å²) in [7, 11) is -2.21. The van der Waals surface area contributed by atoms with Gasteiger partial charge in [-0.05, 0) is 30.2 Å². The molecule has 0 aromatic heterocycles. The van der Waals surface area contributed by atoms with Crippen molar-refractivity contribution >= 4 is 21.8 Å². The molecule has 1 aliphatic heterocycles. The molecule has 3 rings (SSSR count). The van der Waals surface area contributed by atoms with Crippen molar-refractivity contribution in [2.45, 2.75) is 26.1 Å². The standard InChI is InChI=1S/C22H27N3O6S/c1-16(22(27)23-12-18-9-10-19-20(11-18)31-15-30-19)25(13-17-7-5-4-6-8-17)21(26)14-24(2)32(3,28)29/h4-11,16H,12-15H2,1-3H3,(H,23,27)/t16-/m0/s1. The van der Waals surface area contributed by atoms with E-state index in [1.54, 1.807) is 19.1 Å². The quantitative estimate of drug-likeness (QED) is 0.604. The van der Waals surface area contributed by atoms with Crippen LogP contribution in [0.3, 0.4) is 0 Å². The van der Waals surface area contributed by atoms with Gasteiger partial charge in [0.2, 0.25) is 28.6 Å². The van der Waals surface area contributed by atoms with E-state index in [1.807, 2.05) is 36.4 Å². The number of ether oxygens (including phenoxy) is 2. The number of amides is 2. The molecule has 2 amide bonds. The highest BCUT2D eigenvalue weighted by molar-refractivity contribution is 7.88. The largest absolute Gasteiger partial charge is 0.454 e. The second-order valence-electron chi connectivity index (χ2n) is 7.61. The van der Waals surface area contributed by atoms with E-state index in [4.69, 9.17) is 9.47 Å². The number of carbonyl (C=O) groups is 2. The normalized spacial score (nSPS) is 13.6. The molecule has 2 aromatic rings. The number of rotatable bonds is 9. The number of carbonyl (C=O) groups excluding carboxylic acids is 2. The van der Waals surface area contributed by atoms with Gasteiger partial charge in [0, 0.05) is 20.1 Å². The zero-order valence-electron chi connectivity index (χ0n) is 18.3. The fourth-order valence-electron chi connectivity index (χ4n) is 3.15. The van der Waals surface area contributed by atoms with Gasteiger partial charge in [-0.3, -0.25) is 9.59 Å². The molecule has 0 bridgehead atoms. The molecule has 1 aliphatic rings. The lowest BCUT2D eigenvalue weighted by Crippen LogP contribution is -2.50. The average molecular weight is 462 g/mol. The second-order valence-corrected chi connectivity index (χ2v) is 9.70. The molecule has 10 heteroatoms. The van der Waals surface area contributed by atoms with Gasteiger partial charge in [0.05, 0.1) is 12.8 Å². The van der Waals surface area contributed by atoms with Crippen molar-refractivity contribution < 1.29 is 27.5 Å². The first kappa shape index (κ1) is 23.6. The van der Waals surface area contributed by atoms with Crippen LogP contribution in [0, 0.1) is 0 Å². The predicted octanol–water partition coefficient (Wildman–Crippen LogP) is 1.34. The minimum atomic E-state index is -3.54. The Hall–Kier alpha value is -3.11. The topological polar surface area (TPSA) is 105 Å². The van der Waals surface area contributed by atoms with Crippen LogP contribution in [-0.2, 0) is 32.7 Å². The van der Waals surface area contributed by atoms with E-state index in [1.165, 1.54) is 11.9 Å². The van der Waals surface area contributed by atoms with Gasteiger partial charge in [0.15, 0.2) is 11.5 Å². The van der Waals surface area contributed by atoms with E-state index in [9.17, 15) is 18.0 Å². The molecule has 0 saturated heterocycles. The SMILES string of the molecule is C[C@@H](C(=O)NCc1ccc2c(c1)OCO2)N(Cc1ccccc1)C(=O)CN(C)S(C)(=O)=O. The fraction of sp³-hybridized carbons (Fsp3) is 0.364. The molecule has 32 heavy (non-hydrogen) atoms. The summed E-state index contributed by atoms with van der Waals surface area (Å²) in [6, 6.07) is 13.8. The highest BCUT2D eigenvalue weighted by Gasteiger charge is 2.28. The van der Waals surface area contributed by atoms with E-state index < -0.39 is 22.0 Å². The molecule has 0 unspecified atom stereocenters. The molecule has 1 heterocycles. The molecule has 2 aromatic carbocycles. The number of nitrogens with one attached hydrogen (secondary N) is 1. The highest BCUT2D eigenvalue weighted by Crippen LogP contribution is 2.32. The fourth-order valence-corrected chi connectivity index (χ4v) is 3.49. The van der Waals surface area contributed by atoms with Gasteiger partial charge in [-0.25, -0.2) is 8.42 Å². The molecule has 1 atom stereocenters. The Balaban J connectivity index is 1.70. The monoisotopic (exact) mass is 461 g/mol. The van der Waals surface area contributed by atoms with Crippen molar-refractivity contribution in [3.8, 4) is 11.5 Å². The lowest BCUT2D eigenvalue weighted by atomic mass is 10.1. The number of sulfonamides is 1. The van der Waals surface area contributed by atoms with Crippen LogP contribution >= 0.6 is 0 Å². The summed E-state index contributed by atoms with van der Waals surface area (Å²) in [4.78, 5) is 27.2. The van der Waals surface area contributed by atoms with E-state index >= 15 is 0 Å². The molecule has 9 nitrogen and oxygen atoms in total. The van der Waals surface area contributed by atoms with Crippen LogP contribution in [0.2, 0.25) is 0 Å². The molecular weight excluding hydrogens is 434 g/mol. The van der Waals surface area contributed by atoms with E-state index in [2.05, 4.69) is 5.32 Å². The summed E-state index contributed by atoms with van der Waals surface area (Å²) >= 11 is 0. The van der Waals surface area contributed by atoms with Gasteiger partial charge in [0.25, 0.3) is 0 Å². The highest BCUT2D eigenvalue weighted by atomic mass is 32.2. The van der Waals surface area contributed by atoms with Crippen LogP contribution in [0.15, 0.2) is 48.5 Å². The second kappa shape index (κ2) is 10.0. The Bertz CT molecular complexity index is 1070. The first-order valence-electron chi connectivity index (χ1n) is 10.1. The average Bonchev–Trinajstić information content (AvgIpc) is 3.23. The Kier molecular flexibility index (Phi) is 7.37. The summed E-state index contributed by atoms with van der Waals surface area (Å²) in [6.45, 7) is 1.86. The molecule has 0 fully saturated rings. The molecule has 0 spiro atoms. The number of likely N-dealkylation sites (N-methyl/N-ethyl adjacent to an activating group) is 1. The first-order chi connectivity index (χ1) is 15.1. The van der Waals surface area contributed by atoms with E-state index in [-0.39, 0.29) is 32.3 Å². The molecular formula is C22H27N3O6S. The molecule has 1 N–H and O–H groups in total. The Morgan fingerprint density at radius 2 is 1.75 bits per heavy atom. The third-order valence-electron chi connectivity index (χ3n) is 5.19.